The van der Waals surface area contributed by atoms with E-state index in [0.717, 1.165) is 38.3 Å². The standard InChI is InChI=1S/C17H30N2O2/c1-5-19(12-13-20-3)17(2,14-18)11-10-15-6-8-16(21-4)9-7-15/h6-9H,5,10-14,18H2,1-4H3. The molecule has 2 N–H and O–H groups in total. The monoisotopic (exact) mass is 294 g/mol. The van der Waals surface area contributed by atoms with Crippen LogP contribution in [0.2, 0.25) is 0 Å². The molecule has 1 aromatic carbocycles. The Kier molecular flexibility index (Phi) is 7.72. The molecular formula is C17H30N2O2. The smallest absolute Gasteiger partial charge is 0.118 e. The molecule has 0 saturated carbocycles. The fourth-order valence-corrected chi connectivity index (χ4v) is 2.61. The van der Waals surface area contributed by atoms with Gasteiger partial charge in [0.1, 0.15) is 5.75 Å². The van der Waals surface area contributed by atoms with Crippen LogP contribution in [0.4, 0.5) is 0 Å². The van der Waals surface area contributed by atoms with Gasteiger partial charge in [0, 0.05) is 25.7 Å². The number of nitrogens with zero attached hydrogens (tertiary/aromatic N) is 1. The molecule has 0 aliphatic rings. The number of methoxy groups -OCH3 is 2. The number of aryl methyl sites for hydroxylation is 1. The van der Waals surface area contributed by atoms with Crippen LogP contribution >= 0.6 is 0 Å². The largest absolute Gasteiger partial charge is 0.497 e. The fourth-order valence-electron chi connectivity index (χ4n) is 2.61. The second-order valence-corrected chi connectivity index (χ2v) is 5.62. The second kappa shape index (κ2) is 9.03. The first-order chi connectivity index (χ1) is 10.1. The van der Waals surface area contributed by atoms with E-state index in [4.69, 9.17) is 15.2 Å². The molecule has 0 radical (unpaired) electrons. The minimum absolute atomic E-state index is 0.00715. The van der Waals surface area contributed by atoms with E-state index >= 15 is 0 Å². The first-order valence-electron chi connectivity index (χ1n) is 7.66. The van der Waals surface area contributed by atoms with Crippen LogP contribution in [-0.4, -0.2) is 50.9 Å². The maximum atomic E-state index is 6.06. The summed E-state index contributed by atoms with van der Waals surface area (Å²) in [6.45, 7) is 7.72. The van der Waals surface area contributed by atoms with E-state index in [0.29, 0.717) is 6.54 Å². The molecule has 0 amide bonds. The van der Waals surface area contributed by atoms with Crippen molar-refractivity contribution in [2.75, 3.05) is 40.5 Å². The van der Waals surface area contributed by atoms with Gasteiger partial charge in [0.2, 0.25) is 0 Å². The Bertz CT molecular complexity index is 394. The molecule has 0 aromatic heterocycles. The number of benzene rings is 1. The van der Waals surface area contributed by atoms with Crippen molar-refractivity contribution in [2.24, 2.45) is 5.73 Å². The van der Waals surface area contributed by atoms with Crippen molar-refractivity contribution in [3.05, 3.63) is 29.8 Å². The molecule has 4 nitrogen and oxygen atoms in total. The molecule has 0 fully saturated rings. The van der Waals surface area contributed by atoms with Crippen LogP contribution in [0.15, 0.2) is 24.3 Å². The first-order valence-corrected chi connectivity index (χ1v) is 7.66. The third-order valence-electron chi connectivity index (χ3n) is 4.26. The lowest BCUT2D eigenvalue weighted by atomic mass is 9.91. The number of hydrogen-bond donors (Lipinski definition) is 1. The number of ether oxygens (including phenoxy) is 2. The number of nitrogens with two attached hydrogens (primary N) is 1. The average Bonchev–Trinajstić information content (AvgIpc) is 2.54. The number of likely N-dealkylation sites (N-methyl/N-ethyl adjacent to an activating group) is 1. The van der Waals surface area contributed by atoms with Crippen LogP contribution in [0.3, 0.4) is 0 Å². The highest BCUT2D eigenvalue weighted by Gasteiger charge is 2.28. The second-order valence-electron chi connectivity index (χ2n) is 5.62. The zero-order valence-electron chi connectivity index (χ0n) is 13.9. The number of rotatable bonds is 10. The third-order valence-corrected chi connectivity index (χ3v) is 4.26. The molecule has 120 valence electrons. The molecule has 1 atom stereocenters. The van der Waals surface area contributed by atoms with E-state index in [1.165, 1.54) is 5.56 Å². The molecule has 21 heavy (non-hydrogen) atoms. The van der Waals surface area contributed by atoms with Crippen LogP contribution in [0, 0.1) is 0 Å². The van der Waals surface area contributed by atoms with E-state index in [2.05, 4.69) is 30.9 Å². The Hall–Kier alpha value is -1.10. The van der Waals surface area contributed by atoms with Gasteiger partial charge in [-0.05, 0) is 44.0 Å². The van der Waals surface area contributed by atoms with Crippen molar-refractivity contribution in [1.29, 1.82) is 0 Å². The van der Waals surface area contributed by atoms with Crippen LogP contribution in [0.25, 0.3) is 0 Å². The van der Waals surface area contributed by atoms with Crippen molar-refractivity contribution in [3.8, 4) is 5.75 Å². The highest BCUT2D eigenvalue weighted by atomic mass is 16.5. The molecule has 0 aliphatic heterocycles. The number of hydrogen-bond acceptors (Lipinski definition) is 4. The zero-order valence-corrected chi connectivity index (χ0v) is 13.9. The lowest BCUT2D eigenvalue weighted by molar-refractivity contribution is 0.0700. The van der Waals surface area contributed by atoms with Gasteiger partial charge in [0.15, 0.2) is 0 Å². The summed E-state index contributed by atoms with van der Waals surface area (Å²) in [7, 11) is 3.43. The van der Waals surface area contributed by atoms with Crippen LogP contribution in [0.5, 0.6) is 5.75 Å². The normalized spacial score (nSPS) is 14.2. The SMILES string of the molecule is CCN(CCOC)C(C)(CN)CCc1ccc(OC)cc1. The van der Waals surface area contributed by atoms with E-state index in [-0.39, 0.29) is 5.54 Å². The van der Waals surface area contributed by atoms with Crippen LogP contribution in [-0.2, 0) is 11.2 Å². The summed E-state index contributed by atoms with van der Waals surface area (Å²) in [6, 6.07) is 8.28. The van der Waals surface area contributed by atoms with Gasteiger partial charge in [0.05, 0.1) is 13.7 Å². The van der Waals surface area contributed by atoms with Crippen molar-refractivity contribution < 1.29 is 9.47 Å². The Morgan fingerprint density at radius 3 is 2.33 bits per heavy atom. The van der Waals surface area contributed by atoms with Crippen molar-refractivity contribution in [1.82, 2.24) is 4.90 Å². The van der Waals surface area contributed by atoms with Gasteiger partial charge < -0.3 is 15.2 Å². The van der Waals surface area contributed by atoms with Gasteiger partial charge in [-0.1, -0.05) is 19.1 Å². The van der Waals surface area contributed by atoms with E-state index in [9.17, 15) is 0 Å². The minimum atomic E-state index is 0.00715. The van der Waals surface area contributed by atoms with E-state index in [1.807, 2.05) is 12.1 Å². The molecule has 4 heteroatoms. The third kappa shape index (κ3) is 5.30. The first kappa shape index (κ1) is 18.0. The van der Waals surface area contributed by atoms with Crippen LogP contribution in [0.1, 0.15) is 25.8 Å². The predicted molar refractivity (Wildman–Crippen MR) is 87.9 cm³/mol. The van der Waals surface area contributed by atoms with Gasteiger partial charge in [0.25, 0.3) is 0 Å². The summed E-state index contributed by atoms with van der Waals surface area (Å²) in [5, 5.41) is 0. The topological polar surface area (TPSA) is 47.7 Å². The Labute approximate surface area is 129 Å². The van der Waals surface area contributed by atoms with Gasteiger partial charge >= 0.3 is 0 Å². The summed E-state index contributed by atoms with van der Waals surface area (Å²) in [5.74, 6) is 0.899. The molecule has 0 saturated heterocycles. The summed E-state index contributed by atoms with van der Waals surface area (Å²) in [4.78, 5) is 2.42. The zero-order chi connectivity index (χ0) is 15.7. The van der Waals surface area contributed by atoms with Crippen molar-refractivity contribution >= 4 is 0 Å². The predicted octanol–water partition coefficient (Wildman–Crippen LogP) is 2.31. The summed E-state index contributed by atoms with van der Waals surface area (Å²) in [6.07, 6.45) is 2.05. The average molecular weight is 294 g/mol. The van der Waals surface area contributed by atoms with E-state index in [1.54, 1.807) is 14.2 Å². The fraction of sp³-hybridized carbons (Fsp3) is 0.647. The Morgan fingerprint density at radius 1 is 1.19 bits per heavy atom. The molecular weight excluding hydrogens is 264 g/mol. The van der Waals surface area contributed by atoms with Gasteiger partial charge in [-0.25, -0.2) is 0 Å². The van der Waals surface area contributed by atoms with Crippen LogP contribution < -0.4 is 10.5 Å². The molecule has 1 aromatic rings. The molecule has 1 unspecified atom stereocenters. The molecule has 0 spiro atoms. The molecule has 0 bridgehead atoms. The maximum absolute atomic E-state index is 6.06. The quantitative estimate of drug-likeness (QED) is 0.719. The summed E-state index contributed by atoms with van der Waals surface area (Å²) in [5.41, 5.74) is 7.39. The lowest BCUT2D eigenvalue weighted by Crippen LogP contribution is -2.53. The van der Waals surface area contributed by atoms with Crippen molar-refractivity contribution in [2.45, 2.75) is 32.2 Å². The Balaban J connectivity index is 2.65. The van der Waals surface area contributed by atoms with Gasteiger partial charge in [-0.2, -0.15) is 0 Å². The summed E-state index contributed by atoms with van der Waals surface area (Å²) < 4.78 is 10.4. The maximum Gasteiger partial charge on any atom is 0.118 e. The highest BCUT2D eigenvalue weighted by Crippen LogP contribution is 2.22. The lowest BCUT2D eigenvalue weighted by Gasteiger charge is -2.40. The molecule has 0 aliphatic carbocycles. The summed E-state index contributed by atoms with van der Waals surface area (Å²) >= 11 is 0. The van der Waals surface area contributed by atoms with E-state index < -0.39 is 0 Å². The Morgan fingerprint density at radius 2 is 1.86 bits per heavy atom. The molecule has 1 rings (SSSR count). The van der Waals surface area contributed by atoms with Gasteiger partial charge in [-0.3, -0.25) is 4.90 Å². The van der Waals surface area contributed by atoms with Crippen molar-refractivity contribution in [3.63, 3.8) is 0 Å². The highest BCUT2D eigenvalue weighted by molar-refractivity contribution is 5.27. The van der Waals surface area contributed by atoms with Gasteiger partial charge in [-0.15, -0.1) is 0 Å². The molecule has 0 heterocycles. The minimum Gasteiger partial charge on any atom is -0.497 e.